The van der Waals surface area contributed by atoms with E-state index in [1.165, 1.54) is 31.4 Å². The van der Waals surface area contributed by atoms with Gasteiger partial charge in [-0.05, 0) is 60.0 Å². The summed E-state index contributed by atoms with van der Waals surface area (Å²) in [5.41, 5.74) is -1.65. The van der Waals surface area contributed by atoms with Gasteiger partial charge in [-0.3, -0.25) is 13.7 Å². The minimum atomic E-state index is -5.14. The van der Waals surface area contributed by atoms with Gasteiger partial charge >= 0.3 is 6.08 Å². The van der Waals surface area contributed by atoms with Crippen LogP contribution in [0.2, 0.25) is 0 Å². The molecule has 0 radical (unpaired) electrons. The van der Waals surface area contributed by atoms with Gasteiger partial charge < -0.3 is 25.0 Å². The number of phenols is 1. The summed E-state index contributed by atoms with van der Waals surface area (Å²) in [6.45, 7) is 0. The number of anilines is 4. The number of fused-ring (bicyclic) bond motifs is 1. The van der Waals surface area contributed by atoms with Gasteiger partial charge in [0.1, 0.15) is 31.8 Å². The molecule has 0 fully saturated rings. The molecule has 0 amide bonds. The quantitative estimate of drug-likeness (QED) is 0.0563. The Bertz CT molecular complexity index is 2630. The Hall–Kier alpha value is -5.28. The minimum Gasteiger partial charge on any atom is -0.505 e. The molecule has 1 atom stereocenters. The van der Waals surface area contributed by atoms with E-state index in [0.29, 0.717) is 6.07 Å². The van der Waals surface area contributed by atoms with Gasteiger partial charge in [0.2, 0.25) is 11.9 Å². The van der Waals surface area contributed by atoms with Crippen molar-refractivity contribution >= 4 is 86.9 Å². The van der Waals surface area contributed by atoms with Crippen LogP contribution in [0.25, 0.3) is 10.8 Å². The molecule has 5 aromatic rings. The standard InChI is InChI=1S/C26H20FN7O13S4/c1-47-14-3-6-18(19(10-14)49(38,39)40)33-34-22-21(51(44,45)46)9-12-8-13(2-5-16(12)23(22)35)28-25-30-24(27)31-26(32-25)29-17-7-4-15(48(36)37)11-20(17)50(41,42)43/h2-11,35H,1H3,(H,36,37)(H,38,39,40)(H,41,42,43)(H,44,45,46)(H2,28,29,30,31,32). The number of hydrogen-bond donors (Lipinski definition) is 7. The maximum atomic E-state index is 14.4. The lowest BCUT2D eigenvalue weighted by molar-refractivity contribution is 0.412. The van der Waals surface area contributed by atoms with Crippen LogP contribution < -0.4 is 15.4 Å². The van der Waals surface area contributed by atoms with Crippen molar-refractivity contribution in [3.8, 4) is 11.5 Å². The van der Waals surface area contributed by atoms with Gasteiger partial charge in [-0.1, -0.05) is 0 Å². The average Bonchev–Trinajstić information content (AvgIpc) is 3.02. The molecule has 4 aromatic carbocycles. The summed E-state index contributed by atoms with van der Waals surface area (Å²) in [5, 5.41) is 23.1. The molecule has 51 heavy (non-hydrogen) atoms. The number of rotatable bonds is 11. The molecule has 0 spiro atoms. The first-order valence-electron chi connectivity index (χ1n) is 13.3. The van der Waals surface area contributed by atoms with E-state index in [2.05, 4.69) is 35.8 Å². The lowest BCUT2D eigenvalue weighted by Gasteiger charge is -2.12. The maximum absolute atomic E-state index is 14.4. The molecule has 0 saturated carbocycles. The van der Waals surface area contributed by atoms with Crippen LogP contribution in [0, 0.1) is 6.08 Å². The van der Waals surface area contributed by atoms with E-state index >= 15 is 0 Å². The summed E-state index contributed by atoms with van der Waals surface area (Å²) in [5.74, 6) is -1.90. The molecule has 0 aliphatic heterocycles. The van der Waals surface area contributed by atoms with Crippen LogP contribution in [-0.2, 0) is 41.4 Å². The number of azo groups is 1. The molecule has 1 unspecified atom stereocenters. The fraction of sp³-hybridized carbons (Fsp3) is 0.0385. The number of aromatic nitrogens is 3. The second kappa shape index (κ2) is 13.8. The van der Waals surface area contributed by atoms with Crippen LogP contribution in [0.5, 0.6) is 11.5 Å². The second-order valence-electron chi connectivity index (χ2n) is 9.88. The number of methoxy groups -OCH3 is 1. The maximum Gasteiger partial charge on any atom is 0.315 e. The van der Waals surface area contributed by atoms with Crippen LogP contribution in [0.1, 0.15) is 0 Å². The lowest BCUT2D eigenvalue weighted by Crippen LogP contribution is -2.09. The predicted molar refractivity (Wildman–Crippen MR) is 174 cm³/mol. The molecule has 25 heteroatoms. The zero-order valence-electron chi connectivity index (χ0n) is 25.0. The van der Waals surface area contributed by atoms with Gasteiger partial charge in [0.25, 0.3) is 30.4 Å². The van der Waals surface area contributed by atoms with E-state index in [9.17, 15) is 57.2 Å². The Balaban J connectivity index is 1.52. The second-order valence-corrected chi connectivity index (χ2v) is 15.0. The third-order valence-electron chi connectivity index (χ3n) is 6.57. The molecule has 0 aliphatic carbocycles. The number of aromatic hydroxyl groups is 1. The molecule has 20 nitrogen and oxygen atoms in total. The highest BCUT2D eigenvalue weighted by Gasteiger charge is 2.24. The predicted octanol–water partition coefficient (Wildman–Crippen LogP) is 4.10. The summed E-state index contributed by atoms with van der Waals surface area (Å²) >= 11 is -2.61. The van der Waals surface area contributed by atoms with Crippen molar-refractivity contribution in [2.45, 2.75) is 19.6 Å². The zero-order chi connectivity index (χ0) is 37.5. The highest BCUT2D eigenvalue weighted by Crippen LogP contribution is 2.43. The number of ether oxygens (including phenoxy) is 1. The van der Waals surface area contributed by atoms with E-state index < -0.39 is 96.9 Å². The van der Waals surface area contributed by atoms with Crippen molar-refractivity contribution in [1.29, 1.82) is 0 Å². The minimum absolute atomic E-state index is 0.0186. The van der Waals surface area contributed by atoms with Crippen molar-refractivity contribution in [2.75, 3.05) is 17.7 Å². The highest BCUT2D eigenvalue weighted by molar-refractivity contribution is 7.86. The van der Waals surface area contributed by atoms with Crippen molar-refractivity contribution < 1.29 is 61.9 Å². The van der Waals surface area contributed by atoms with Gasteiger partial charge in [-0.15, -0.1) is 10.2 Å². The molecule has 268 valence electrons. The van der Waals surface area contributed by atoms with Gasteiger partial charge in [-0.2, -0.15) is 44.6 Å². The summed E-state index contributed by atoms with van der Waals surface area (Å²) < 4.78 is 141. The lowest BCUT2D eigenvalue weighted by atomic mass is 10.1. The van der Waals surface area contributed by atoms with Gasteiger partial charge in [0, 0.05) is 17.1 Å². The normalized spacial score (nSPS) is 13.0. The first-order valence-corrected chi connectivity index (χ1v) is 18.7. The summed E-state index contributed by atoms with van der Waals surface area (Å²) in [4.78, 5) is 7.81. The fourth-order valence-electron chi connectivity index (χ4n) is 4.38. The number of nitrogens with one attached hydrogen (secondary N) is 2. The Morgan fingerprint density at radius 1 is 0.765 bits per heavy atom. The first kappa shape index (κ1) is 37.0. The molecular weight excluding hydrogens is 766 g/mol. The number of halogens is 1. The fourth-order valence-corrected chi connectivity index (χ4v) is 6.82. The van der Waals surface area contributed by atoms with Crippen molar-refractivity contribution in [1.82, 2.24) is 15.0 Å². The molecular formula is C26H20FN7O13S4. The topological polar surface area (TPSA) is 317 Å². The van der Waals surface area contributed by atoms with E-state index in [0.717, 1.165) is 30.3 Å². The van der Waals surface area contributed by atoms with E-state index in [1.807, 2.05) is 0 Å². The van der Waals surface area contributed by atoms with Crippen LogP contribution in [0.3, 0.4) is 0 Å². The van der Waals surface area contributed by atoms with E-state index in [1.54, 1.807) is 0 Å². The highest BCUT2D eigenvalue weighted by atomic mass is 32.2. The Labute approximate surface area is 288 Å². The molecule has 1 aromatic heterocycles. The molecule has 5 rings (SSSR count). The molecule has 1 heterocycles. The van der Waals surface area contributed by atoms with Gasteiger partial charge in [0.15, 0.2) is 16.8 Å². The third-order valence-corrected chi connectivity index (χ3v) is 9.88. The molecule has 0 bridgehead atoms. The van der Waals surface area contributed by atoms with Crippen LogP contribution in [-0.4, -0.2) is 74.8 Å². The Morgan fingerprint density at radius 2 is 1.41 bits per heavy atom. The monoisotopic (exact) mass is 785 g/mol. The summed E-state index contributed by atoms with van der Waals surface area (Å²) in [7, 11) is -13.8. The van der Waals surface area contributed by atoms with Crippen molar-refractivity contribution in [2.24, 2.45) is 10.2 Å². The molecule has 7 N–H and O–H groups in total. The Kier molecular flexibility index (Phi) is 10.0. The van der Waals surface area contributed by atoms with Crippen LogP contribution in [0.4, 0.5) is 39.0 Å². The van der Waals surface area contributed by atoms with Gasteiger partial charge in [-0.25, -0.2) is 4.21 Å². The number of nitrogens with zero attached hydrogens (tertiary/aromatic N) is 5. The zero-order valence-corrected chi connectivity index (χ0v) is 28.3. The van der Waals surface area contributed by atoms with Crippen molar-refractivity contribution in [3.05, 3.63) is 66.7 Å². The molecule has 0 saturated heterocycles. The van der Waals surface area contributed by atoms with E-state index in [-0.39, 0.29) is 27.1 Å². The number of phenolic OH excluding ortho intramolecular Hbond substituents is 1. The SMILES string of the molecule is COc1ccc(N=Nc2c(S(=O)(=O)O)cc3cc(Nc4nc(F)nc(Nc5ccc(S(=O)O)cc5S(=O)(=O)O)n4)ccc3c2O)c(S(=O)(=O)O)c1. The largest absolute Gasteiger partial charge is 0.505 e. The third kappa shape index (κ3) is 8.37. The summed E-state index contributed by atoms with van der Waals surface area (Å²) in [6.07, 6.45) is -1.38. The van der Waals surface area contributed by atoms with Gasteiger partial charge in [0.05, 0.1) is 17.7 Å². The van der Waals surface area contributed by atoms with Crippen molar-refractivity contribution in [3.63, 3.8) is 0 Å². The average molecular weight is 786 g/mol. The van der Waals surface area contributed by atoms with Crippen LogP contribution >= 0.6 is 0 Å². The van der Waals surface area contributed by atoms with E-state index in [4.69, 9.17) is 4.74 Å². The number of hydrogen-bond acceptors (Lipinski definition) is 16. The smallest absolute Gasteiger partial charge is 0.315 e. The van der Waals surface area contributed by atoms with Crippen LogP contribution in [0.15, 0.2) is 90.5 Å². The number of benzene rings is 4. The Morgan fingerprint density at radius 3 is 2.02 bits per heavy atom. The summed E-state index contributed by atoms with van der Waals surface area (Å²) in [6, 6.07) is 10.6. The first-order chi connectivity index (χ1) is 23.7. The molecule has 0 aliphatic rings.